The molecule has 182 valence electrons. The third kappa shape index (κ3) is 4.03. The summed E-state index contributed by atoms with van der Waals surface area (Å²) in [7, 11) is 0. The largest absolute Gasteiger partial charge is 0.507 e. The molecule has 6 nitrogen and oxygen atoms in total. The number of benzene rings is 3. The van der Waals surface area contributed by atoms with E-state index in [1.807, 2.05) is 45.0 Å². The quantitative estimate of drug-likeness (QED) is 0.185. The molecule has 1 aromatic heterocycles. The Hall–Kier alpha value is -4.03. The number of aliphatic hydroxyl groups is 1. The van der Waals surface area contributed by atoms with E-state index in [9.17, 15) is 14.7 Å². The van der Waals surface area contributed by atoms with Crippen molar-refractivity contribution < 1.29 is 19.4 Å². The predicted molar refractivity (Wildman–Crippen MR) is 141 cm³/mol. The number of ether oxygens (including phenoxy) is 1. The van der Waals surface area contributed by atoms with Gasteiger partial charge in [0.2, 0.25) is 0 Å². The number of aliphatic hydroxyl groups excluding tert-OH is 1. The van der Waals surface area contributed by atoms with E-state index in [2.05, 4.69) is 4.98 Å². The highest BCUT2D eigenvalue weighted by Gasteiger charge is 2.47. The number of hydrogen-bond acceptors (Lipinski definition) is 4. The number of fused-ring (bicyclic) bond motifs is 1. The fraction of sp³-hybridized carbons (Fsp3) is 0.172. The minimum atomic E-state index is -0.855. The average molecular weight is 501 g/mol. The van der Waals surface area contributed by atoms with Gasteiger partial charge < -0.3 is 14.8 Å². The van der Waals surface area contributed by atoms with Crippen LogP contribution >= 0.6 is 11.6 Å². The Morgan fingerprint density at radius 2 is 1.78 bits per heavy atom. The van der Waals surface area contributed by atoms with Crippen molar-refractivity contribution in [1.82, 2.24) is 4.98 Å². The first-order chi connectivity index (χ1) is 17.3. The van der Waals surface area contributed by atoms with Gasteiger partial charge in [-0.1, -0.05) is 35.9 Å². The highest BCUT2D eigenvalue weighted by Crippen LogP contribution is 2.44. The molecule has 7 heteroatoms. The Morgan fingerprint density at radius 1 is 1.06 bits per heavy atom. The number of anilines is 1. The van der Waals surface area contributed by atoms with Crippen molar-refractivity contribution in [2.75, 3.05) is 4.90 Å². The van der Waals surface area contributed by atoms with Crippen molar-refractivity contribution in [2.24, 2.45) is 0 Å². The Bertz CT molecular complexity index is 1520. The van der Waals surface area contributed by atoms with Crippen LogP contribution in [0.1, 0.15) is 36.6 Å². The maximum atomic E-state index is 13.4. The number of para-hydroxylation sites is 1. The summed E-state index contributed by atoms with van der Waals surface area (Å²) in [6.45, 7) is 5.71. The molecule has 0 saturated carbocycles. The number of rotatable bonds is 5. The number of nitrogens with zero attached hydrogens (tertiary/aromatic N) is 1. The Kier molecular flexibility index (Phi) is 6.06. The van der Waals surface area contributed by atoms with Gasteiger partial charge in [-0.3, -0.25) is 14.5 Å². The SMILES string of the molecule is Cc1ccc(N2C(=O)C(=O)/C(=C(/O)c3ccc(OC(C)C)cc3)C2c2c[nH]c3ccccc23)cc1Cl. The van der Waals surface area contributed by atoms with E-state index in [1.165, 1.54) is 4.90 Å². The van der Waals surface area contributed by atoms with Crippen LogP contribution in [0, 0.1) is 6.92 Å². The van der Waals surface area contributed by atoms with Crippen molar-refractivity contribution in [3.05, 3.63) is 100 Å². The normalized spacial score (nSPS) is 17.4. The molecule has 0 aliphatic carbocycles. The van der Waals surface area contributed by atoms with E-state index in [1.54, 1.807) is 48.7 Å². The van der Waals surface area contributed by atoms with Crippen LogP contribution in [0.25, 0.3) is 16.7 Å². The van der Waals surface area contributed by atoms with Crippen LogP contribution in [0.2, 0.25) is 5.02 Å². The number of halogens is 1. The lowest BCUT2D eigenvalue weighted by atomic mass is 9.94. The number of nitrogens with one attached hydrogen (secondary N) is 1. The van der Waals surface area contributed by atoms with E-state index in [0.717, 1.165) is 16.5 Å². The van der Waals surface area contributed by atoms with Crippen molar-refractivity contribution in [3.63, 3.8) is 0 Å². The van der Waals surface area contributed by atoms with E-state index in [0.29, 0.717) is 27.6 Å². The first-order valence-electron chi connectivity index (χ1n) is 11.7. The minimum absolute atomic E-state index is 0.00187. The van der Waals surface area contributed by atoms with E-state index >= 15 is 0 Å². The molecule has 0 spiro atoms. The molecule has 1 saturated heterocycles. The van der Waals surface area contributed by atoms with Gasteiger partial charge >= 0.3 is 0 Å². The Balaban J connectivity index is 1.71. The summed E-state index contributed by atoms with van der Waals surface area (Å²) in [4.78, 5) is 31.5. The molecule has 1 unspecified atom stereocenters. The van der Waals surface area contributed by atoms with Crippen LogP contribution in [0.15, 0.2) is 78.5 Å². The summed E-state index contributed by atoms with van der Waals surface area (Å²) in [5.41, 5.74) is 3.31. The molecule has 36 heavy (non-hydrogen) atoms. The lowest BCUT2D eigenvalue weighted by Crippen LogP contribution is -2.29. The van der Waals surface area contributed by atoms with Gasteiger partial charge in [0.15, 0.2) is 0 Å². The van der Waals surface area contributed by atoms with Crippen LogP contribution in [0.3, 0.4) is 0 Å². The molecule has 1 fully saturated rings. The number of aromatic nitrogens is 1. The number of aromatic amines is 1. The number of aryl methyl sites for hydroxylation is 1. The van der Waals surface area contributed by atoms with Gasteiger partial charge in [-0.2, -0.15) is 0 Å². The molecule has 2 heterocycles. The Morgan fingerprint density at radius 3 is 2.47 bits per heavy atom. The zero-order valence-electron chi connectivity index (χ0n) is 20.1. The molecule has 1 atom stereocenters. The molecule has 0 radical (unpaired) electrons. The van der Waals surface area contributed by atoms with Crippen molar-refractivity contribution >= 4 is 45.6 Å². The maximum absolute atomic E-state index is 13.4. The zero-order valence-corrected chi connectivity index (χ0v) is 20.8. The molecule has 1 amide bonds. The predicted octanol–water partition coefficient (Wildman–Crippen LogP) is 6.54. The number of Topliss-reactive ketones (excluding diaryl/α,β-unsaturated/α-hetero) is 1. The maximum Gasteiger partial charge on any atom is 0.300 e. The summed E-state index contributed by atoms with van der Waals surface area (Å²) in [5.74, 6) is -1.10. The summed E-state index contributed by atoms with van der Waals surface area (Å²) in [6.07, 6.45) is 1.77. The Labute approximate surface area is 213 Å². The van der Waals surface area contributed by atoms with Gasteiger partial charge in [0.1, 0.15) is 11.5 Å². The van der Waals surface area contributed by atoms with Crippen LogP contribution in [-0.2, 0) is 9.59 Å². The minimum Gasteiger partial charge on any atom is -0.507 e. The standard InChI is InChI=1S/C29H25ClN2O4/c1-16(2)36-20-12-9-18(10-13-20)27(33)25-26(22-15-31-24-7-5-4-6-21(22)24)32(29(35)28(25)34)19-11-8-17(3)23(30)14-19/h4-16,26,31,33H,1-3H3/b27-25+. The second-order valence-electron chi connectivity index (χ2n) is 9.08. The average Bonchev–Trinajstić information content (AvgIpc) is 3.39. The summed E-state index contributed by atoms with van der Waals surface area (Å²) in [5, 5.41) is 12.7. The molecule has 0 bridgehead atoms. The molecular formula is C29H25ClN2O4. The molecule has 1 aliphatic rings. The third-order valence-electron chi connectivity index (χ3n) is 6.29. The van der Waals surface area contributed by atoms with E-state index in [4.69, 9.17) is 16.3 Å². The van der Waals surface area contributed by atoms with Gasteiger partial charge in [0.25, 0.3) is 11.7 Å². The monoisotopic (exact) mass is 500 g/mol. The molecule has 1 aliphatic heterocycles. The van der Waals surface area contributed by atoms with Gasteiger partial charge in [-0.05, 0) is 68.8 Å². The lowest BCUT2D eigenvalue weighted by molar-refractivity contribution is -0.132. The number of H-pyrrole nitrogens is 1. The first-order valence-corrected chi connectivity index (χ1v) is 12.0. The second-order valence-corrected chi connectivity index (χ2v) is 9.49. The molecule has 3 aromatic carbocycles. The van der Waals surface area contributed by atoms with E-state index < -0.39 is 17.7 Å². The smallest absolute Gasteiger partial charge is 0.300 e. The van der Waals surface area contributed by atoms with Crippen LogP contribution < -0.4 is 9.64 Å². The third-order valence-corrected chi connectivity index (χ3v) is 6.70. The first kappa shape index (κ1) is 23.7. The highest BCUT2D eigenvalue weighted by molar-refractivity contribution is 6.52. The molecule has 2 N–H and O–H groups in total. The highest BCUT2D eigenvalue weighted by atomic mass is 35.5. The summed E-state index contributed by atoms with van der Waals surface area (Å²) >= 11 is 6.39. The second kappa shape index (κ2) is 9.21. The van der Waals surface area contributed by atoms with Gasteiger partial charge in [-0.25, -0.2) is 0 Å². The van der Waals surface area contributed by atoms with Crippen LogP contribution in [-0.4, -0.2) is 27.9 Å². The number of amides is 1. The number of ketones is 1. The van der Waals surface area contributed by atoms with Crippen molar-refractivity contribution in [3.8, 4) is 5.75 Å². The number of carbonyl (C=O) groups excluding carboxylic acids is 2. The fourth-order valence-electron chi connectivity index (χ4n) is 4.56. The van der Waals surface area contributed by atoms with E-state index in [-0.39, 0.29) is 17.4 Å². The summed E-state index contributed by atoms with van der Waals surface area (Å²) < 4.78 is 5.69. The number of hydrogen-bond donors (Lipinski definition) is 2. The van der Waals surface area contributed by atoms with Gasteiger partial charge in [0, 0.05) is 38.9 Å². The lowest BCUT2D eigenvalue weighted by Gasteiger charge is -2.25. The summed E-state index contributed by atoms with van der Waals surface area (Å²) in [6, 6.07) is 18.8. The fourth-order valence-corrected chi connectivity index (χ4v) is 4.74. The van der Waals surface area contributed by atoms with Crippen LogP contribution in [0.5, 0.6) is 5.75 Å². The molecule has 5 rings (SSSR count). The van der Waals surface area contributed by atoms with Gasteiger partial charge in [-0.15, -0.1) is 0 Å². The van der Waals surface area contributed by atoms with Crippen molar-refractivity contribution in [1.29, 1.82) is 0 Å². The molecular weight excluding hydrogens is 476 g/mol. The van der Waals surface area contributed by atoms with Crippen LogP contribution in [0.4, 0.5) is 5.69 Å². The number of carbonyl (C=O) groups is 2. The molecule has 4 aromatic rings. The zero-order chi connectivity index (χ0) is 25.6. The topological polar surface area (TPSA) is 82.6 Å². The van der Waals surface area contributed by atoms with Crippen molar-refractivity contribution in [2.45, 2.75) is 32.9 Å². The van der Waals surface area contributed by atoms with Gasteiger partial charge in [0.05, 0.1) is 17.7 Å².